The van der Waals surface area contributed by atoms with Crippen molar-refractivity contribution in [2.75, 3.05) is 26.3 Å². The van der Waals surface area contributed by atoms with Crippen molar-refractivity contribution in [3.8, 4) is 0 Å². The Morgan fingerprint density at radius 2 is 1.40 bits per heavy atom. The second-order valence-corrected chi connectivity index (χ2v) is 12.1. The van der Waals surface area contributed by atoms with Crippen LogP contribution in [-0.4, -0.2) is 56.0 Å². The molecule has 0 aromatic heterocycles. The molecule has 1 heterocycles. The third kappa shape index (κ3) is 17.7. The van der Waals surface area contributed by atoms with Gasteiger partial charge in [-0.2, -0.15) is 0 Å². The predicted octanol–water partition coefficient (Wildman–Crippen LogP) is 6.37. The molecule has 40 heavy (non-hydrogen) atoms. The fourth-order valence-corrected chi connectivity index (χ4v) is 4.57. The van der Waals surface area contributed by atoms with Gasteiger partial charge >= 0.3 is 5.97 Å². The third-order valence-corrected chi connectivity index (χ3v) is 7.12. The summed E-state index contributed by atoms with van der Waals surface area (Å²) in [6.07, 6.45) is 20.4. The summed E-state index contributed by atoms with van der Waals surface area (Å²) >= 11 is 0. The second-order valence-electron chi connectivity index (χ2n) is 12.1. The maximum absolute atomic E-state index is 12.6. The van der Waals surface area contributed by atoms with Crippen LogP contribution in [0.2, 0.25) is 0 Å². The highest BCUT2D eigenvalue weighted by molar-refractivity contribution is 5.83. The zero-order valence-corrected chi connectivity index (χ0v) is 26.1. The molecule has 0 aromatic carbocycles. The number of esters is 1. The molecule has 8 heteroatoms. The fourth-order valence-electron chi connectivity index (χ4n) is 4.57. The summed E-state index contributed by atoms with van der Waals surface area (Å²) in [5.41, 5.74) is -0.463. The van der Waals surface area contributed by atoms with E-state index in [1.165, 1.54) is 57.8 Å². The molecule has 1 fully saturated rings. The van der Waals surface area contributed by atoms with Crippen LogP contribution in [-0.2, 0) is 28.6 Å². The average Bonchev–Trinajstić information content (AvgIpc) is 2.90. The second kappa shape index (κ2) is 20.9. The first-order valence-electron chi connectivity index (χ1n) is 15.7. The molecule has 8 nitrogen and oxygen atoms in total. The molecule has 1 atom stereocenters. The molecule has 0 bridgehead atoms. The zero-order chi connectivity index (χ0) is 29.7. The van der Waals surface area contributed by atoms with Gasteiger partial charge in [-0.05, 0) is 46.0 Å². The minimum absolute atomic E-state index is 0.141. The Morgan fingerprint density at radius 3 is 2.05 bits per heavy atom. The van der Waals surface area contributed by atoms with Crippen LogP contribution in [0.5, 0.6) is 0 Å². The van der Waals surface area contributed by atoms with Crippen LogP contribution in [0, 0.1) is 5.41 Å². The van der Waals surface area contributed by atoms with Crippen molar-refractivity contribution in [1.82, 2.24) is 10.6 Å². The van der Waals surface area contributed by atoms with Gasteiger partial charge in [0.2, 0.25) is 11.8 Å². The van der Waals surface area contributed by atoms with Crippen molar-refractivity contribution in [3.05, 3.63) is 12.2 Å². The molecule has 1 unspecified atom stereocenters. The van der Waals surface area contributed by atoms with Crippen LogP contribution in [0.25, 0.3) is 0 Å². The van der Waals surface area contributed by atoms with Crippen molar-refractivity contribution >= 4 is 17.8 Å². The Hall–Kier alpha value is -1.93. The first kappa shape index (κ1) is 36.1. The van der Waals surface area contributed by atoms with Crippen molar-refractivity contribution in [1.29, 1.82) is 0 Å². The highest BCUT2D eigenvalue weighted by atomic mass is 16.7. The number of hydrogen-bond acceptors (Lipinski definition) is 6. The summed E-state index contributed by atoms with van der Waals surface area (Å²) in [5.74, 6) is -1.50. The van der Waals surface area contributed by atoms with E-state index in [9.17, 15) is 14.4 Å². The number of nitrogens with one attached hydrogen (secondary N) is 2. The molecule has 232 valence electrons. The summed E-state index contributed by atoms with van der Waals surface area (Å²) in [5, 5.41) is 5.50. The summed E-state index contributed by atoms with van der Waals surface area (Å²) < 4.78 is 16.7. The Labute approximate surface area is 243 Å². The highest BCUT2D eigenvalue weighted by Crippen LogP contribution is 2.34. The lowest BCUT2D eigenvalue weighted by Gasteiger charge is -2.44. The Balaban J connectivity index is 1.95. The number of rotatable bonds is 22. The number of unbranched alkanes of at least 4 members (excludes halogenated alkanes) is 11. The van der Waals surface area contributed by atoms with Gasteiger partial charge in [0.25, 0.3) is 0 Å². The number of amides is 2. The van der Waals surface area contributed by atoms with E-state index in [0.29, 0.717) is 13.0 Å². The van der Waals surface area contributed by atoms with E-state index in [-0.39, 0.29) is 43.9 Å². The van der Waals surface area contributed by atoms with Crippen LogP contribution in [0.4, 0.5) is 0 Å². The molecule has 1 saturated heterocycles. The maximum atomic E-state index is 12.6. The largest absolute Gasteiger partial charge is 0.464 e. The van der Waals surface area contributed by atoms with E-state index in [1.807, 2.05) is 13.8 Å². The van der Waals surface area contributed by atoms with Gasteiger partial charge in [-0.3, -0.25) is 14.4 Å². The van der Waals surface area contributed by atoms with E-state index in [2.05, 4.69) is 29.7 Å². The lowest BCUT2D eigenvalue weighted by atomic mass is 9.85. The summed E-state index contributed by atoms with van der Waals surface area (Å²) in [6.45, 7) is 10.7. The zero-order valence-electron chi connectivity index (χ0n) is 26.1. The standard InChI is InChI=1S/C32H58N2O6/c1-6-7-8-9-10-11-12-13-14-15-16-17-18-19-20-21-28(36)38-25-24-33-27(35)22-23-34-30(37)29-31(2,3)26-39-32(4,5)40-29/h13-14,29H,6-12,15-26H2,1-5H3,(H,33,35)(H,34,37). The molecular weight excluding hydrogens is 508 g/mol. The quantitative estimate of drug-likeness (QED) is 0.0897. The molecule has 2 N–H and O–H groups in total. The van der Waals surface area contributed by atoms with E-state index < -0.39 is 17.3 Å². The Morgan fingerprint density at radius 1 is 0.800 bits per heavy atom. The van der Waals surface area contributed by atoms with Crippen molar-refractivity contribution in [2.45, 2.75) is 143 Å². The minimum atomic E-state index is -0.823. The van der Waals surface area contributed by atoms with Crippen molar-refractivity contribution < 1.29 is 28.6 Å². The van der Waals surface area contributed by atoms with Gasteiger partial charge in [0.05, 0.1) is 13.2 Å². The predicted molar refractivity (Wildman–Crippen MR) is 160 cm³/mol. The van der Waals surface area contributed by atoms with Gasteiger partial charge < -0.3 is 24.8 Å². The molecule has 0 spiro atoms. The van der Waals surface area contributed by atoms with Crippen molar-refractivity contribution in [3.63, 3.8) is 0 Å². The first-order chi connectivity index (χ1) is 19.1. The van der Waals surface area contributed by atoms with E-state index >= 15 is 0 Å². The van der Waals surface area contributed by atoms with Gasteiger partial charge in [0, 0.05) is 24.8 Å². The lowest BCUT2D eigenvalue weighted by molar-refractivity contribution is -0.304. The summed E-state index contributed by atoms with van der Waals surface area (Å²) in [7, 11) is 0. The monoisotopic (exact) mass is 566 g/mol. The fraction of sp³-hybridized carbons (Fsp3) is 0.844. The summed E-state index contributed by atoms with van der Waals surface area (Å²) in [6, 6.07) is 0. The van der Waals surface area contributed by atoms with E-state index in [4.69, 9.17) is 14.2 Å². The number of hydrogen-bond donors (Lipinski definition) is 2. The van der Waals surface area contributed by atoms with Crippen LogP contribution >= 0.6 is 0 Å². The molecule has 1 aliphatic rings. The van der Waals surface area contributed by atoms with Gasteiger partial charge in [0.1, 0.15) is 12.7 Å². The number of allylic oxidation sites excluding steroid dienone is 2. The van der Waals surface area contributed by atoms with Gasteiger partial charge in [-0.1, -0.05) is 84.3 Å². The number of carbonyl (C=O) groups is 3. The molecule has 2 amide bonds. The number of ether oxygens (including phenoxy) is 3. The first-order valence-corrected chi connectivity index (χ1v) is 15.7. The summed E-state index contributed by atoms with van der Waals surface area (Å²) in [4.78, 5) is 36.5. The molecule has 0 aliphatic carbocycles. The normalized spacial score (nSPS) is 18.0. The van der Waals surface area contributed by atoms with E-state index in [1.54, 1.807) is 13.8 Å². The molecule has 0 radical (unpaired) electrons. The Bertz CT molecular complexity index is 750. The minimum Gasteiger partial charge on any atom is -0.464 e. The van der Waals surface area contributed by atoms with Gasteiger partial charge in [-0.25, -0.2) is 0 Å². The molecule has 0 saturated carbocycles. The van der Waals surface area contributed by atoms with Crippen LogP contribution in [0.3, 0.4) is 0 Å². The molecule has 0 aromatic rings. The van der Waals surface area contributed by atoms with Gasteiger partial charge in [-0.15, -0.1) is 0 Å². The number of carbonyl (C=O) groups excluding carboxylic acids is 3. The highest BCUT2D eigenvalue weighted by Gasteiger charge is 2.45. The average molecular weight is 567 g/mol. The lowest BCUT2D eigenvalue weighted by Crippen LogP contribution is -2.56. The van der Waals surface area contributed by atoms with Crippen molar-refractivity contribution in [2.24, 2.45) is 5.41 Å². The van der Waals surface area contributed by atoms with Crippen LogP contribution < -0.4 is 10.6 Å². The van der Waals surface area contributed by atoms with Gasteiger partial charge in [0.15, 0.2) is 5.79 Å². The van der Waals surface area contributed by atoms with Crippen LogP contribution in [0.15, 0.2) is 12.2 Å². The smallest absolute Gasteiger partial charge is 0.305 e. The Kier molecular flexibility index (Phi) is 18.8. The maximum Gasteiger partial charge on any atom is 0.305 e. The molecular formula is C32H58N2O6. The molecule has 1 rings (SSSR count). The van der Waals surface area contributed by atoms with E-state index in [0.717, 1.165) is 25.7 Å². The molecule has 1 aliphatic heterocycles. The third-order valence-electron chi connectivity index (χ3n) is 7.12. The SMILES string of the molecule is CCCCCCCCC=CCCCCCCCC(=O)OCCNC(=O)CCNC(=O)C1OC(C)(C)OCC1(C)C. The van der Waals surface area contributed by atoms with Crippen LogP contribution in [0.1, 0.15) is 131 Å². The topological polar surface area (TPSA) is 103 Å².